The molecule has 0 radical (unpaired) electrons. The van der Waals surface area contributed by atoms with Crippen LogP contribution in [0.2, 0.25) is 0 Å². The molecule has 0 aliphatic carbocycles. The zero-order chi connectivity index (χ0) is 62.2. The zero-order valence-corrected chi connectivity index (χ0v) is 55.7. The van der Waals surface area contributed by atoms with Crippen LogP contribution in [0.3, 0.4) is 0 Å². The summed E-state index contributed by atoms with van der Waals surface area (Å²) >= 11 is 5.85. The Kier molecular flexibility index (Phi) is 38.7. The van der Waals surface area contributed by atoms with Crippen molar-refractivity contribution in [3.63, 3.8) is 0 Å². The van der Waals surface area contributed by atoms with E-state index in [1.165, 1.54) is 6.42 Å². The molecule has 0 aromatic heterocycles. The van der Waals surface area contributed by atoms with Gasteiger partial charge in [0.05, 0.1) is 18.8 Å². The first-order chi connectivity index (χ1) is 36.6. The maximum absolute atomic E-state index is 13.1. The summed E-state index contributed by atoms with van der Waals surface area (Å²) in [7, 11) is 0. The van der Waals surface area contributed by atoms with Crippen molar-refractivity contribution in [2.75, 3.05) is 0 Å². The number of hydrogen-bond donors (Lipinski definition) is 1. The van der Waals surface area contributed by atoms with Gasteiger partial charge < -0.3 is 14.6 Å². The van der Waals surface area contributed by atoms with Gasteiger partial charge in [-0.3, -0.25) is 28.8 Å². The van der Waals surface area contributed by atoms with Gasteiger partial charge in [0.2, 0.25) is 5.24 Å². The van der Waals surface area contributed by atoms with Crippen LogP contribution in [-0.4, -0.2) is 39.8 Å². The summed E-state index contributed by atoms with van der Waals surface area (Å²) in [5.74, 6) is 1.84. The lowest BCUT2D eigenvalue weighted by Gasteiger charge is -2.30. The minimum Gasteiger partial charge on any atom is -0.481 e. The molecule has 2 aromatic carbocycles. The molecule has 0 fully saturated rings. The van der Waals surface area contributed by atoms with E-state index in [9.17, 15) is 28.8 Å². The third-order valence-corrected chi connectivity index (χ3v) is 14.3. The van der Waals surface area contributed by atoms with Gasteiger partial charge >= 0.3 is 17.9 Å². The van der Waals surface area contributed by atoms with Crippen molar-refractivity contribution in [3.8, 4) is 0 Å². The number of carbonyl (C=O) groups is 6. The van der Waals surface area contributed by atoms with Crippen LogP contribution in [0.4, 0.5) is 0 Å². The molecular formula is C70H119ClO9. The molecule has 0 spiro atoms. The van der Waals surface area contributed by atoms with Gasteiger partial charge in [-0.05, 0) is 144 Å². The highest BCUT2D eigenvalue weighted by Crippen LogP contribution is 2.36. The summed E-state index contributed by atoms with van der Waals surface area (Å²) in [6.07, 6.45) is 10.9. The van der Waals surface area contributed by atoms with Gasteiger partial charge in [-0.25, -0.2) is 0 Å². The normalized spacial score (nSPS) is 14.9. The lowest BCUT2D eigenvalue weighted by Crippen LogP contribution is -2.27. The fourth-order valence-corrected chi connectivity index (χ4v) is 11.3. The summed E-state index contributed by atoms with van der Waals surface area (Å²) in [6, 6.07) is 19.2. The molecule has 460 valence electrons. The number of carboxylic acid groups (broad SMARTS) is 1. The monoisotopic (exact) mass is 1140 g/mol. The molecule has 1 N–H and O–H groups in total. The molecule has 6 unspecified atom stereocenters. The molecule has 0 aliphatic rings. The van der Waals surface area contributed by atoms with E-state index in [2.05, 4.69) is 125 Å². The molecule has 0 aliphatic heterocycles. The second-order valence-electron chi connectivity index (χ2n) is 29.5. The van der Waals surface area contributed by atoms with Crippen molar-refractivity contribution in [1.82, 2.24) is 0 Å². The van der Waals surface area contributed by atoms with Crippen LogP contribution < -0.4 is 0 Å². The molecule has 80 heavy (non-hydrogen) atoms. The SMILES string of the molecule is CC(C)C[C@H](C)C(=O)CCC(=O)OCc1ccccc1.CC(C)C[C@H](C)C(=O)O.CC(CCC(C(=O)CCC(=O)OCc1ccccc1)C(C)CC(C)(C)C)CC(C)(C)C.CC(CCC(C(=O)Cl)C(C)CC(C)(C)C)CC(C)(C)C. The van der Waals surface area contributed by atoms with E-state index in [1.54, 1.807) is 6.92 Å². The van der Waals surface area contributed by atoms with Gasteiger partial charge in [-0.2, -0.15) is 0 Å². The van der Waals surface area contributed by atoms with E-state index in [0.717, 1.165) is 68.9 Å². The second kappa shape index (κ2) is 39.6. The number of esters is 2. The topological polar surface area (TPSA) is 141 Å². The maximum Gasteiger partial charge on any atom is 0.306 e. The van der Waals surface area contributed by atoms with Crippen molar-refractivity contribution < 1.29 is 43.3 Å². The molecule has 10 heteroatoms. The van der Waals surface area contributed by atoms with Crippen molar-refractivity contribution >= 4 is 46.3 Å². The average Bonchev–Trinajstić information content (AvgIpc) is 3.29. The van der Waals surface area contributed by atoms with Crippen LogP contribution in [0.5, 0.6) is 0 Å². The minimum absolute atomic E-state index is 0.0123. The van der Waals surface area contributed by atoms with E-state index < -0.39 is 5.97 Å². The Morgan fingerprint density at radius 3 is 1.07 bits per heavy atom. The lowest BCUT2D eigenvalue weighted by atomic mass is 9.74. The predicted molar refractivity (Wildman–Crippen MR) is 335 cm³/mol. The van der Waals surface area contributed by atoms with Gasteiger partial charge in [0.25, 0.3) is 0 Å². The molecule has 8 atom stereocenters. The summed E-state index contributed by atoms with van der Waals surface area (Å²) in [5.41, 5.74) is 3.02. The standard InChI is InChI=1S/C28H46O3.C18H35ClO.C17H24O3.C7H14O2/c1-21(18-27(3,4)5)14-15-24(22(2)19-28(6,7)8)25(29)16-17-26(30)31-20-23-12-10-9-11-13-23;1-13(11-17(3,4)5)9-10-15(16(19)20)14(2)12-18(6,7)8;1-13(2)11-14(3)16(18)9-10-17(19)20-12-15-7-5-4-6-8-15;1-5(2)4-6(3)7(8)9/h9-13,21-22,24H,14-20H2,1-8H3;13-15H,9-12H2,1-8H3;4-8,13-14H,9-12H2,1-3H3;5-6H,4H2,1-3H3,(H,8,9)/t;;14-;6-/m..00/s1. The Labute approximate surface area is 495 Å². The molecule has 0 saturated carbocycles. The molecular weight excluding hydrogens is 1020 g/mol. The van der Waals surface area contributed by atoms with E-state index in [-0.39, 0.29) is 102 Å². The highest BCUT2D eigenvalue weighted by Gasteiger charge is 2.31. The van der Waals surface area contributed by atoms with Gasteiger partial charge in [-0.1, -0.05) is 213 Å². The van der Waals surface area contributed by atoms with Crippen LogP contribution in [0.15, 0.2) is 60.7 Å². The highest BCUT2D eigenvalue weighted by molar-refractivity contribution is 6.64. The first kappa shape index (κ1) is 78.2. The number of hydrogen-bond acceptors (Lipinski definition) is 8. The van der Waals surface area contributed by atoms with Crippen LogP contribution in [0.25, 0.3) is 0 Å². The molecule has 0 saturated heterocycles. The highest BCUT2D eigenvalue weighted by atomic mass is 35.5. The fraction of sp³-hybridized carbons (Fsp3) is 0.743. The van der Waals surface area contributed by atoms with Gasteiger partial charge in [0.1, 0.15) is 24.8 Å². The first-order valence-corrected chi connectivity index (χ1v) is 30.9. The van der Waals surface area contributed by atoms with Crippen LogP contribution in [0.1, 0.15) is 253 Å². The summed E-state index contributed by atoms with van der Waals surface area (Å²) in [4.78, 5) is 70.7. The third-order valence-electron chi connectivity index (χ3n) is 14.1. The quantitative estimate of drug-likeness (QED) is 0.0598. The van der Waals surface area contributed by atoms with Crippen molar-refractivity contribution in [1.29, 1.82) is 0 Å². The van der Waals surface area contributed by atoms with Gasteiger partial charge in [0.15, 0.2) is 0 Å². The fourth-order valence-electron chi connectivity index (χ4n) is 11.0. The van der Waals surface area contributed by atoms with Crippen LogP contribution >= 0.6 is 11.6 Å². The number of halogens is 1. The second-order valence-corrected chi connectivity index (χ2v) is 29.9. The number of rotatable bonds is 30. The molecule has 0 bridgehead atoms. The Bertz CT molecular complexity index is 2020. The van der Waals surface area contributed by atoms with Crippen molar-refractivity contribution in [2.24, 2.45) is 80.8 Å². The predicted octanol–water partition coefficient (Wildman–Crippen LogP) is 19.4. The zero-order valence-electron chi connectivity index (χ0n) is 55.0. The first-order valence-electron chi connectivity index (χ1n) is 30.5. The summed E-state index contributed by atoms with van der Waals surface area (Å²) in [5, 5.41) is 8.28. The number of benzene rings is 2. The molecule has 9 nitrogen and oxygen atoms in total. The molecule has 2 aromatic rings. The minimum atomic E-state index is -0.691. The Morgan fingerprint density at radius 1 is 0.438 bits per heavy atom. The van der Waals surface area contributed by atoms with E-state index in [1.807, 2.05) is 81.4 Å². The Hall–Kier alpha value is -3.85. The average molecular weight is 1140 g/mol. The summed E-state index contributed by atoms with van der Waals surface area (Å²) in [6.45, 7) is 48.4. The number of carboxylic acids is 1. The molecule has 0 heterocycles. The number of aliphatic carboxylic acids is 1. The number of ether oxygens (including phenoxy) is 2. The smallest absolute Gasteiger partial charge is 0.306 e. The Morgan fingerprint density at radius 2 is 0.762 bits per heavy atom. The molecule has 0 amide bonds. The Balaban J connectivity index is 0. The van der Waals surface area contributed by atoms with E-state index >= 15 is 0 Å². The lowest BCUT2D eigenvalue weighted by molar-refractivity contribution is -0.147. The van der Waals surface area contributed by atoms with Crippen molar-refractivity contribution in [2.45, 2.75) is 255 Å². The maximum atomic E-state index is 13.1. The number of ketones is 2. The van der Waals surface area contributed by atoms with E-state index in [4.69, 9.17) is 26.2 Å². The molecule has 2 rings (SSSR count). The number of Topliss-reactive ketones (excluding diaryl/α,β-unsaturated/α-hetero) is 2. The summed E-state index contributed by atoms with van der Waals surface area (Å²) < 4.78 is 10.5. The van der Waals surface area contributed by atoms with Crippen LogP contribution in [0, 0.1) is 80.8 Å². The van der Waals surface area contributed by atoms with E-state index in [0.29, 0.717) is 46.3 Å². The largest absolute Gasteiger partial charge is 0.481 e. The van der Waals surface area contributed by atoms with Gasteiger partial charge in [0, 0.05) is 30.6 Å². The van der Waals surface area contributed by atoms with Gasteiger partial charge in [-0.15, -0.1) is 0 Å². The van der Waals surface area contributed by atoms with Crippen LogP contribution in [-0.2, 0) is 51.5 Å². The van der Waals surface area contributed by atoms with Crippen molar-refractivity contribution in [3.05, 3.63) is 71.8 Å². The number of carbonyl (C=O) groups excluding carboxylic acids is 5. The third kappa shape index (κ3) is 44.8.